The first kappa shape index (κ1) is 16.7. The van der Waals surface area contributed by atoms with Gasteiger partial charge in [-0.15, -0.1) is 0 Å². The van der Waals surface area contributed by atoms with Gasteiger partial charge in [-0.3, -0.25) is 4.79 Å². The molecule has 5 heteroatoms. The maximum atomic E-state index is 12.3. The number of hydrogen-bond acceptors (Lipinski definition) is 3. The molecule has 0 aliphatic heterocycles. The highest BCUT2D eigenvalue weighted by Crippen LogP contribution is 2.18. The molecule has 0 atom stereocenters. The zero-order valence-electron chi connectivity index (χ0n) is 13.1. The number of aliphatic carboxylic acids is 1. The van der Waals surface area contributed by atoms with Crippen molar-refractivity contribution in [1.29, 1.82) is 0 Å². The van der Waals surface area contributed by atoms with Gasteiger partial charge < -0.3 is 20.2 Å². The number of carboxylic acid groups (broad SMARTS) is 1. The number of fused-ring (bicyclic) bond motifs is 2. The van der Waals surface area contributed by atoms with Crippen LogP contribution in [0.15, 0.2) is 53.3 Å². The molecule has 0 spiro atoms. The molecule has 3 aromatic rings. The number of aromatic nitrogens is 1. The fourth-order valence-corrected chi connectivity index (χ4v) is 2.38. The zero-order chi connectivity index (χ0) is 16.8. The lowest BCUT2D eigenvalue weighted by atomic mass is 10.1. The highest BCUT2D eigenvalue weighted by Gasteiger charge is 2.09. The highest BCUT2D eigenvalue weighted by atomic mass is 16.4. The second kappa shape index (κ2) is 7.56. The SMILES string of the molecule is CCC[NH3+].O=C([O-])Cn1c2ccccc2c(=O)c2ccccc21. The molecule has 0 radical (unpaired) electrons. The van der Waals surface area contributed by atoms with Gasteiger partial charge in [0.1, 0.15) is 0 Å². The third-order valence-corrected chi connectivity index (χ3v) is 3.52. The quantitative estimate of drug-likeness (QED) is 0.716. The monoisotopic (exact) mass is 312 g/mol. The number of para-hydroxylation sites is 2. The molecule has 0 saturated carbocycles. The minimum absolute atomic E-state index is 0.0826. The molecule has 1 aromatic heterocycles. The van der Waals surface area contributed by atoms with Gasteiger partial charge in [0.25, 0.3) is 0 Å². The van der Waals surface area contributed by atoms with Crippen LogP contribution < -0.4 is 16.3 Å². The van der Waals surface area contributed by atoms with Crippen LogP contribution in [0.4, 0.5) is 0 Å². The summed E-state index contributed by atoms with van der Waals surface area (Å²) in [6, 6.07) is 14.0. The van der Waals surface area contributed by atoms with Crippen LogP contribution >= 0.6 is 0 Å². The third-order valence-electron chi connectivity index (χ3n) is 3.52. The van der Waals surface area contributed by atoms with Gasteiger partial charge in [0.2, 0.25) is 0 Å². The van der Waals surface area contributed by atoms with Crippen molar-refractivity contribution in [3.63, 3.8) is 0 Å². The number of carbonyl (C=O) groups is 1. The molecule has 0 amide bonds. The fourth-order valence-electron chi connectivity index (χ4n) is 2.38. The third kappa shape index (κ3) is 3.57. The first-order chi connectivity index (χ1) is 11.1. The van der Waals surface area contributed by atoms with Crippen molar-refractivity contribution >= 4 is 27.8 Å². The van der Waals surface area contributed by atoms with Gasteiger partial charge in [0.15, 0.2) is 5.43 Å². The van der Waals surface area contributed by atoms with Gasteiger partial charge in [-0.2, -0.15) is 0 Å². The Morgan fingerprint density at radius 1 is 1.04 bits per heavy atom. The van der Waals surface area contributed by atoms with E-state index < -0.39 is 5.97 Å². The molecular formula is C18H20N2O3. The van der Waals surface area contributed by atoms with Crippen LogP contribution in [0.2, 0.25) is 0 Å². The Hall–Kier alpha value is -2.66. The fraction of sp³-hybridized carbons (Fsp3) is 0.222. The summed E-state index contributed by atoms with van der Waals surface area (Å²) in [5.74, 6) is -1.18. The van der Waals surface area contributed by atoms with Crippen LogP contribution in [-0.2, 0) is 11.3 Å². The Morgan fingerprint density at radius 2 is 1.48 bits per heavy atom. The maximum Gasteiger partial charge on any atom is 0.197 e. The van der Waals surface area contributed by atoms with E-state index in [1.165, 1.54) is 6.42 Å². The summed E-state index contributed by atoms with van der Waals surface area (Å²) in [6.45, 7) is 2.91. The lowest BCUT2D eigenvalue weighted by molar-refractivity contribution is -0.367. The number of pyridine rings is 1. The van der Waals surface area contributed by atoms with E-state index in [2.05, 4.69) is 12.7 Å². The van der Waals surface area contributed by atoms with Gasteiger partial charge in [0, 0.05) is 10.8 Å². The predicted octanol–water partition coefficient (Wildman–Crippen LogP) is 0.543. The summed E-state index contributed by atoms with van der Waals surface area (Å²) in [5, 5.41) is 12.0. The van der Waals surface area contributed by atoms with E-state index in [9.17, 15) is 14.7 Å². The molecule has 3 N–H and O–H groups in total. The normalized spacial score (nSPS) is 10.3. The van der Waals surface area contributed by atoms with Crippen LogP contribution in [0.3, 0.4) is 0 Å². The summed E-state index contributed by atoms with van der Waals surface area (Å²) in [4.78, 5) is 23.3. The molecule has 0 fully saturated rings. The summed E-state index contributed by atoms with van der Waals surface area (Å²) < 4.78 is 1.60. The summed E-state index contributed by atoms with van der Waals surface area (Å²) in [5.41, 5.74) is 4.74. The molecule has 1 heterocycles. The van der Waals surface area contributed by atoms with E-state index in [1.807, 2.05) is 0 Å². The second-order valence-corrected chi connectivity index (χ2v) is 5.18. The van der Waals surface area contributed by atoms with Crippen molar-refractivity contribution < 1.29 is 15.6 Å². The van der Waals surface area contributed by atoms with E-state index in [4.69, 9.17) is 0 Å². The molecule has 0 aliphatic carbocycles. The molecule has 2 aromatic carbocycles. The van der Waals surface area contributed by atoms with E-state index in [-0.39, 0.29) is 12.0 Å². The van der Waals surface area contributed by atoms with Crippen molar-refractivity contribution in [2.24, 2.45) is 0 Å². The molecule has 5 nitrogen and oxygen atoms in total. The van der Waals surface area contributed by atoms with Gasteiger partial charge in [-0.05, 0) is 30.7 Å². The van der Waals surface area contributed by atoms with E-state index >= 15 is 0 Å². The Bertz CT molecular complexity index is 822. The Labute approximate surface area is 134 Å². The van der Waals surface area contributed by atoms with Gasteiger partial charge >= 0.3 is 0 Å². The number of carboxylic acids is 1. The Morgan fingerprint density at radius 3 is 1.87 bits per heavy atom. The standard InChI is InChI=1S/C15H11NO3.C3H9N/c17-14(18)9-16-12-7-3-1-5-10(12)15(19)11-6-2-4-8-13(11)16;1-2-3-4/h1-8H,9H2,(H,17,18);2-4H2,1H3. The largest absolute Gasteiger partial charge is 0.548 e. The second-order valence-electron chi connectivity index (χ2n) is 5.18. The van der Waals surface area contributed by atoms with Crippen molar-refractivity contribution in [2.45, 2.75) is 19.9 Å². The van der Waals surface area contributed by atoms with Crippen molar-refractivity contribution in [1.82, 2.24) is 4.57 Å². The van der Waals surface area contributed by atoms with Crippen LogP contribution in [-0.4, -0.2) is 17.1 Å². The Kier molecular flexibility index (Phi) is 5.49. The van der Waals surface area contributed by atoms with E-state index in [1.54, 1.807) is 53.1 Å². The maximum absolute atomic E-state index is 12.3. The van der Waals surface area contributed by atoms with Gasteiger partial charge in [-0.1, -0.05) is 31.2 Å². The van der Waals surface area contributed by atoms with Crippen LogP contribution in [0.25, 0.3) is 21.8 Å². The number of quaternary nitrogens is 1. The number of nitrogens with zero attached hydrogens (tertiary/aromatic N) is 1. The molecule has 0 aliphatic rings. The summed E-state index contributed by atoms with van der Waals surface area (Å²) >= 11 is 0. The minimum Gasteiger partial charge on any atom is -0.548 e. The summed E-state index contributed by atoms with van der Waals surface area (Å²) in [7, 11) is 0. The average molecular weight is 312 g/mol. The van der Waals surface area contributed by atoms with E-state index in [0.29, 0.717) is 21.8 Å². The lowest BCUT2D eigenvalue weighted by Crippen LogP contribution is -2.49. The minimum atomic E-state index is -1.18. The molecule has 3 rings (SSSR count). The first-order valence-corrected chi connectivity index (χ1v) is 7.59. The van der Waals surface area contributed by atoms with Crippen LogP contribution in [0, 0.1) is 0 Å². The van der Waals surface area contributed by atoms with Gasteiger partial charge in [0.05, 0.1) is 30.1 Å². The number of hydrogen-bond donors (Lipinski definition) is 1. The van der Waals surface area contributed by atoms with Crippen molar-refractivity contribution in [3.8, 4) is 0 Å². The molecule has 23 heavy (non-hydrogen) atoms. The Balaban J connectivity index is 0.000000433. The summed E-state index contributed by atoms with van der Waals surface area (Å²) in [6.07, 6.45) is 1.21. The number of rotatable bonds is 3. The predicted molar refractivity (Wildman–Crippen MR) is 88.8 cm³/mol. The van der Waals surface area contributed by atoms with Crippen LogP contribution in [0.5, 0.6) is 0 Å². The molecule has 0 bridgehead atoms. The van der Waals surface area contributed by atoms with Gasteiger partial charge in [-0.25, -0.2) is 0 Å². The highest BCUT2D eigenvalue weighted by molar-refractivity contribution is 5.94. The topological polar surface area (TPSA) is 89.8 Å². The lowest BCUT2D eigenvalue weighted by Gasteiger charge is -2.15. The van der Waals surface area contributed by atoms with Crippen LogP contribution in [0.1, 0.15) is 13.3 Å². The van der Waals surface area contributed by atoms with Crippen molar-refractivity contribution in [3.05, 3.63) is 58.8 Å². The number of benzene rings is 2. The smallest absolute Gasteiger partial charge is 0.197 e. The van der Waals surface area contributed by atoms with E-state index in [0.717, 1.165) is 6.54 Å². The molecule has 120 valence electrons. The van der Waals surface area contributed by atoms with Crippen molar-refractivity contribution in [2.75, 3.05) is 6.54 Å². The molecule has 0 saturated heterocycles. The number of carbonyl (C=O) groups excluding carboxylic acids is 1. The zero-order valence-corrected chi connectivity index (χ0v) is 13.1. The average Bonchev–Trinajstić information content (AvgIpc) is 2.58. The first-order valence-electron chi connectivity index (χ1n) is 7.59. The molecule has 0 unspecified atom stereocenters. The molecular weight excluding hydrogens is 292 g/mol.